The summed E-state index contributed by atoms with van der Waals surface area (Å²) in [6.45, 7) is 0.989. The largest absolute Gasteiger partial charge is 0.337 e. The topological polar surface area (TPSA) is 72.3 Å². The van der Waals surface area contributed by atoms with Crippen molar-refractivity contribution in [3.05, 3.63) is 94.4 Å². The van der Waals surface area contributed by atoms with Crippen LogP contribution in [0.25, 0.3) is 5.69 Å². The van der Waals surface area contributed by atoms with Crippen molar-refractivity contribution in [3.8, 4) is 5.69 Å². The third-order valence-corrected chi connectivity index (χ3v) is 5.23. The van der Waals surface area contributed by atoms with Crippen LogP contribution in [0, 0.1) is 5.92 Å². The van der Waals surface area contributed by atoms with Crippen molar-refractivity contribution in [1.29, 1.82) is 0 Å². The summed E-state index contributed by atoms with van der Waals surface area (Å²) in [5, 5.41) is 4.27. The molecule has 0 N–H and O–H groups in total. The fourth-order valence-electron chi connectivity index (χ4n) is 3.62. The lowest BCUT2D eigenvalue weighted by molar-refractivity contribution is 0.0644. The second kappa shape index (κ2) is 8.22. The van der Waals surface area contributed by atoms with E-state index in [1.165, 1.54) is 16.8 Å². The first-order valence-corrected chi connectivity index (χ1v) is 9.68. The van der Waals surface area contributed by atoms with Crippen molar-refractivity contribution in [3.63, 3.8) is 0 Å². The Balaban J connectivity index is 1.46. The van der Waals surface area contributed by atoms with Crippen LogP contribution in [0.1, 0.15) is 33.7 Å². The lowest BCUT2D eigenvalue weighted by atomic mass is 9.89. The lowest BCUT2D eigenvalue weighted by Crippen LogP contribution is -2.41. The molecule has 0 bridgehead atoms. The van der Waals surface area contributed by atoms with E-state index in [1.807, 2.05) is 48.5 Å². The minimum atomic E-state index is -0.292. The molecule has 6 heteroatoms. The van der Waals surface area contributed by atoms with Gasteiger partial charge in [-0.05, 0) is 31.0 Å². The minimum absolute atomic E-state index is 0.0762. The first-order valence-electron chi connectivity index (χ1n) is 9.68. The number of benzene rings is 2. The smallest absolute Gasteiger partial charge is 0.274 e. The van der Waals surface area contributed by atoms with Crippen molar-refractivity contribution in [2.75, 3.05) is 13.1 Å². The summed E-state index contributed by atoms with van der Waals surface area (Å²) in [5.74, 6) is -0.165. The number of Topliss-reactive ketones (excluding diaryl/α,β-unsaturated/α-hetero) is 1. The average molecular weight is 387 g/mol. The molecule has 1 saturated heterocycles. The van der Waals surface area contributed by atoms with Gasteiger partial charge in [0.1, 0.15) is 5.69 Å². The third kappa shape index (κ3) is 4.01. The average Bonchev–Trinajstić information content (AvgIpc) is 2.80. The number of rotatable bonds is 4. The van der Waals surface area contributed by atoms with Crippen LogP contribution in [0.5, 0.6) is 0 Å². The van der Waals surface area contributed by atoms with Crippen molar-refractivity contribution < 1.29 is 9.59 Å². The molecule has 2 heterocycles. The van der Waals surface area contributed by atoms with Gasteiger partial charge in [0.15, 0.2) is 5.78 Å². The molecule has 1 aliphatic heterocycles. The van der Waals surface area contributed by atoms with Gasteiger partial charge < -0.3 is 4.90 Å². The molecule has 0 atom stereocenters. The number of hydrogen-bond acceptors (Lipinski definition) is 4. The molecule has 3 aromatic rings. The van der Waals surface area contributed by atoms with E-state index in [2.05, 4.69) is 5.10 Å². The Hall–Kier alpha value is -3.54. The van der Waals surface area contributed by atoms with E-state index in [1.54, 1.807) is 17.0 Å². The van der Waals surface area contributed by atoms with Crippen LogP contribution in [0.15, 0.2) is 77.6 Å². The molecule has 146 valence electrons. The first-order chi connectivity index (χ1) is 14.1. The Kier molecular flexibility index (Phi) is 5.33. The van der Waals surface area contributed by atoms with E-state index < -0.39 is 0 Å². The molecular formula is C23H21N3O3. The maximum Gasteiger partial charge on any atom is 0.274 e. The quantitative estimate of drug-likeness (QED) is 0.645. The first kappa shape index (κ1) is 18.8. The van der Waals surface area contributed by atoms with Gasteiger partial charge in [-0.1, -0.05) is 48.5 Å². The predicted octanol–water partition coefficient (Wildman–Crippen LogP) is 2.97. The molecule has 1 fully saturated rings. The standard InChI is InChI=1S/C23H21N3O3/c27-21-12-11-20(24-26(21)19-9-5-2-6-10-19)23(29)25-15-13-18(14-16-25)22(28)17-7-3-1-4-8-17/h1-12,18H,13-16H2. The van der Waals surface area contributed by atoms with Crippen LogP contribution < -0.4 is 5.56 Å². The molecule has 0 spiro atoms. The molecule has 0 radical (unpaired) electrons. The Morgan fingerprint density at radius 2 is 1.45 bits per heavy atom. The van der Waals surface area contributed by atoms with Crippen LogP contribution in [0.2, 0.25) is 0 Å². The molecule has 0 saturated carbocycles. The van der Waals surface area contributed by atoms with Gasteiger partial charge in [-0.3, -0.25) is 14.4 Å². The number of para-hydroxylation sites is 1. The molecule has 0 unspecified atom stereocenters. The van der Waals surface area contributed by atoms with Gasteiger partial charge in [0.2, 0.25) is 0 Å². The van der Waals surface area contributed by atoms with Gasteiger partial charge in [0.05, 0.1) is 5.69 Å². The van der Waals surface area contributed by atoms with Gasteiger partial charge in [0, 0.05) is 30.6 Å². The molecule has 6 nitrogen and oxygen atoms in total. The molecule has 1 amide bonds. The molecule has 0 aliphatic carbocycles. The number of nitrogens with zero attached hydrogens (tertiary/aromatic N) is 3. The summed E-state index contributed by atoms with van der Waals surface area (Å²) >= 11 is 0. The van der Waals surface area contributed by atoms with E-state index >= 15 is 0 Å². The van der Waals surface area contributed by atoms with E-state index in [4.69, 9.17) is 0 Å². The number of aromatic nitrogens is 2. The fourth-order valence-corrected chi connectivity index (χ4v) is 3.62. The van der Waals surface area contributed by atoms with Crippen LogP contribution in [-0.2, 0) is 0 Å². The molecule has 4 rings (SSSR count). The van der Waals surface area contributed by atoms with Crippen LogP contribution >= 0.6 is 0 Å². The molecule has 1 aromatic heterocycles. The number of hydrogen-bond donors (Lipinski definition) is 0. The van der Waals surface area contributed by atoms with Crippen molar-refractivity contribution in [1.82, 2.24) is 14.7 Å². The van der Waals surface area contributed by atoms with Gasteiger partial charge >= 0.3 is 0 Å². The number of ketones is 1. The number of piperidine rings is 1. The zero-order valence-electron chi connectivity index (χ0n) is 15.9. The highest BCUT2D eigenvalue weighted by molar-refractivity contribution is 5.98. The van der Waals surface area contributed by atoms with Gasteiger partial charge in [-0.2, -0.15) is 9.78 Å². The fraction of sp³-hybridized carbons (Fsp3) is 0.217. The van der Waals surface area contributed by atoms with Crippen molar-refractivity contribution >= 4 is 11.7 Å². The summed E-state index contributed by atoms with van der Waals surface area (Å²) in [5.41, 5.74) is 1.26. The number of carbonyl (C=O) groups excluding carboxylic acids is 2. The van der Waals surface area contributed by atoms with Crippen molar-refractivity contribution in [2.45, 2.75) is 12.8 Å². The van der Waals surface area contributed by atoms with Crippen LogP contribution in [-0.4, -0.2) is 39.5 Å². The Bertz CT molecular complexity index is 1070. The summed E-state index contributed by atoms with van der Waals surface area (Å²) in [4.78, 5) is 39.4. The van der Waals surface area contributed by atoms with E-state index in [0.29, 0.717) is 37.2 Å². The molecule has 2 aromatic carbocycles. The highest BCUT2D eigenvalue weighted by Crippen LogP contribution is 2.22. The number of carbonyl (C=O) groups is 2. The molecule has 1 aliphatic rings. The number of amides is 1. The maximum absolute atomic E-state index is 12.9. The lowest BCUT2D eigenvalue weighted by Gasteiger charge is -2.31. The van der Waals surface area contributed by atoms with Crippen LogP contribution in [0.3, 0.4) is 0 Å². The summed E-state index contributed by atoms with van der Waals surface area (Å²) in [6, 6.07) is 21.1. The zero-order valence-corrected chi connectivity index (χ0v) is 15.9. The summed E-state index contributed by atoms with van der Waals surface area (Å²) < 4.78 is 1.24. The molecular weight excluding hydrogens is 366 g/mol. The van der Waals surface area contributed by atoms with Gasteiger partial charge in [-0.25, -0.2) is 0 Å². The second-order valence-electron chi connectivity index (χ2n) is 7.10. The third-order valence-electron chi connectivity index (χ3n) is 5.23. The Morgan fingerprint density at radius 3 is 2.10 bits per heavy atom. The van der Waals surface area contributed by atoms with E-state index in [-0.39, 0.29) is 28.9 Å². The SMILES string of the molecule is O=C(c1ccccc1)C1CCN(C(=O)c2ccc(=O)n(-c3ccccc3)n2)CC1. The highest BCUT2D eigenvalue weighted by atomic mass is 16.2. The van der Waals surface area contributed by atoms with Crippen molar-refractivity contribution in [2.24, 2.45) is 5.92 Å². The van der Waals surface area contributed by atoms with Crippen LogP contribution in [0.4, 0.5) is 0 Å². The second-order valence-corrected chi connectivity index (χ2v) is 7.10. The number of likely N-dealkylation sites (tertiary alicyclic amines) is 1. The Labute approximate surface area is 168 Å². The zero-order chi connectivity index (χ0) is 20.2. The van der Waals surface area contributed by atoms with Gasteiger partial charge in [0.25, 0.3) is 11.5 Å². The van der Waals surface area contributed by atoms with E-state index in [0.717, 1.165) is 0 Å². The summed E-state index contributed by atoms with van der Waals surface area (Å²) in [6.07, 6.45) is 1.25. The monoisotopic (exact) mass is 387 g/mol. The summed E-state index contributed by atoms with van der Waals surface area (Å²) in [7, 11) is 0. The van der Waals surface area contributed by atoms with Gasteiger partial charge in [-0.15, -0.1) is 0 Å². The maximum atomic E-state index is 12.9. The molecule has 29 heavy (non-hydrogen) atoms. The van der Waals surface area contributed by atoms with E-state index in [9.17, 15) is 14.4 Å². The Morgan fingerprint density at radius 1 is 0.828 bits per heavy atom. The normalized spacial score (nSPS) is 14.6. The minimum Gasteiger partial charge on any atom is -0.337 e. The predicted molar refractivity (Wildman–Crippen MR) is 109 cm³/mol. The highest BCUT2D eigenvalue weighted by Gasteiger charge is 2.29.